The Bertz CT molecular complexity index is 472. The quantitative estimate of drug-likeness (QED) is 0.847. The van der Waals surface area contributed by atoms with Crippen molar-refractivity contribution in [2.45, 2.75) is 45.1 Å². The summed E-state index contributed by atoms with van der Waals surface area (Å²) in [5, 5.41) is 2.97. The zero-order valence-corrected chi connectivity index (χ0v) is 12.5. The second kappa shape index (κ2) is 7.81. The molecule has 1 fully saturated rings. The molecule has 1 aliphatic carbocycles. The summed E-state index contributed by atoms with van der Waals surface area (Å²) >= 11 is 0. The third-order valence-electron chi connectivity index (χ3n) is 4.01. The molecule has 4 nitrogen and oxygen atoms in total. The maximum Gasteiger partial charge on any atom is 0.310 e. The first-order valence-electron chi connectivity index (χ1n) is 7.64. The van der Waals surface area contributed by atoms with E-state index in [0.29, 0.717) is 5.92 Å². The summed E-state index contributed by atoms with van der Waals surface area (Å²) < 4.78 is 5.03. The average Bonchev–Trinajstić information content (AvgIpc) is 2.49. The van der Waals surface area contributed by atoms with Gasteiger partial charge in [-0.2, -0.15) is 0 Å². The molecule has 0 aliphatic heterocycles. The van der Waals surface area contributed by atoms with Gasteiger partial charge in [-0.15, -0.1) is 0 Å². The largest absolute Gasteiger partial charge is 0.455 e. The van der Waals surface area contributed by atoms with Gasteiger partial charge < -0.3 is 10.1 Å². The van der Waals surface area contributed by atoms with Gasteiger partial charge in [0.05, 0.1) is 6.42 Å². The van der Waals surface area contributed by atoms with Gasteiger partial charge in [0.25, 0.3) is 5.91 Å². The van der Waals surface area contributed by atoms with Gasteiger partial charge in [0.15, 0.2) is 6.61 Å². The van der Waals surface area contributed by atoms with Crippen LogP contribution in [-0.4, -0.2) is 24.5 Å². The molecular weight excluding hydrogens is 266 g/mol. The highest BCUT2D eigenvalue weighted by molar-refractivity contribution is 5.81. The minimum absolute atomic E-state index is 0.186. The summed E-state index contributed by atoms with van der Waals surface area (Å²) in [4.78, 5) is 23.5. The molecule has 1 N–H and O–H groups in total. The van der Waals surface area contributed by atoms with Crippen molar-refractivity contribution in [3.63, 3.8) is 0 Å². The Labute approximate surface area is 125 Å². The minimum Gasteiger partial charge on any atom is -0.455 e. The molecule has 2 rings (SSSR count). The Morgan fingerprint density at radius 2 is 1.90 bits per heavy atom. The first-order chi connectivity index (χ1) is 10.1. The molecule has 114 valence electrons. The normalized spacial score (nSPS) is 21.6. The topological polar surface area (TPSA) is 55.4 Å². The summed E-state index contributed by atoms with van der Waals surface area (Å²) in [5.74, 6) is -0.0640. The molecule has 1 saturated carbocycles. The van der Waals surface area contributed by atoms with E-state index in [1.165, 1.54) is 6.42 Å². The highest BCUT2D eigenvalue weighted by atomic mass is 16.5. The van der Waals surface area contributed by atoms with Gasteiger partial charge in [-0.05, 0) is 24.3 Å². The summed E-state index contributed by atoms with van der Waals surface area (Å²) in [6, 6.07) is 9.60. The van der Waals surface area contributed by atoms with Crippen molar-refractivity contribution < 1.29 is 14.3 Å². The van der Waals surface area contributed by atoms with Crippen LogP contribution < -0.4 is 5.32 Å². The monoisotopic (exact) mass is 289 g/mol. The lowest BCUT2D eigenvalue weighted by Crippen LogP contribution is -2.42. The van der Waals surface area contributed by atoms with Gasteiger partial charge >= 0.3 is 5.97 Å². The van der Waals surface area contributed by atoms with Crippen molar-refractivity contribution >= 4 is 11.9 Å². The zero-order valence-electron chi connectivity index (χ0n) is 12.5. The Morgan fingerprint density at radius 1 is 1.19 bits per heavy atom. The Morgan fingerprint density at radius 3 is 2.62 bits per heavy atom. The Kier molecular flexibility index (Phi) is 5.78. The molecule has 2 atom stereocenters. The number of nitrogens with one attached hydrogen (secondary N) is 1. The van der Waals surface area contributed by atoms with Gasteiger partial charge in [-0.25, -0.2) is 0 Å². The lowest BCUT2D eigenvalue weighted by Gasteiger charge is -2.29. The number of hydrogen-bond acceptors (Lipinski definition) is 3. The zero-order chi connectivity index (χ0) is 15.1. The molecule has 1 aromatic carbocycles. The lowest BCUT2D eigenvalue weighted by molar-refractivity contribution is -0.148. The predicted molar refractivity (Wildman–Crippen MR) is 80.7 cm³/mol. The third kappa shape index (κ3) is 5.21. The lowest BCUT2D eigenvalue weighted by atomic mass is 9.86. The fraction of sp³-hybridized carbons (Fsp3) is 0.529. The van der Waals surface area contributed by atoms with Crippen LogP contribution in [0.1, 0.15) is 38.2 Å². The van der Waals surface area contributed by atoms with Crippen molar-refractivity contribution in [1.82, 2.24) is 5.32 Å². The molecule has 0 radical (unpaired) electrons. The number of esters is 1. The number of hydrogen-bond donors (Lipinski definition) is 1. The Hall–Kier alpha value is -1.84. The number of carbonyl (C=O) groups is 2. The second-order valence-electron chi connectivity index (χ2n) is 5.76. The second-order valence-corrected chi connectivity index (χ2v) is 5.76. The average molecular weight is 289 g/mol. The van der Waals surface area contributed by atoms with Gasteiger partial charge in [-0.3, -0.25) is 9.59 Å². The number of ether oxygens (including phenoxy) is 1. The van der Waals surface area contributed by atoms with E-state index in [-0.39, 0.29) is 30.9 Å². The van der Waals surface area contributed by atoms with Crippen LogP contribution in [0.2, 0.25) is 0 Å². The fourth-order valence-corrected chi connectivity index (χ4v) is 2.74. The number of benzene rings is 1. The maximum absolute atomic E-state index is 11.8. The van der Waals surface area contributed by atoms with Gasteiger partial charge in [0, 0.05) is 6.04 Å². The van der Waals surface area contributed by atoms with Crippen LogP contribution in [0.4, 0.5) is 0 Å². The first kappa shape index (κ1) is 15.5. The van der Waals surface area contributed by atoms with Crippen molar-refractivity contribution in [2.75, 3.05) is 6.61 Å². The summed E-state index contributed by atoms with van der Waals surface area (Å²) in [6.45, 7) is 1.97. The summed E-state index contributed by atoms with van der Waals surface area (Å²) in [6.07, 6.45) is 4.76. The molecule has 21 heavy (non-hydrogen) atoms. The molecule has 0 aromatic heterocycles. The van der Waals surface area contributed by atoms with Crippen LogP contribution in [0.5, 0.6) is 0 Å². The van der Waals surface area contributed by atoms with Crippen LogP contribution in [0.3, 0.4) is 0 Å². The SMILES string of the molecule is C[C@@H]1CCCC[C@H]1NC(=O)COC(=O)Cc1ccccc1. The summed E-state index contributed by atoms with van der Waals surface area (Å²) in [7, 11) is 0. The van der Waals surface area contributed by atoms with E-state index in [1.807, 2.05) is 30.3 Å². The van der Waals surface area contributed by atoms with Gasteiger partial charge in [0.1, 0.15) is 0 Å². The van der Waals surface area contributed by atoms with E-state index in [9.17, 15) is 9.59 Å². The minimum atomic E-state index is -0.368. The molecular formula is C17H23NO3. The summed E-state index contributed by atoms with van der Waals surface area (Å²) in [5.41, 5.74) is 0.892. The van der Waals surface area contributed by atoms with Crippen LogP contribution in [0, 0.1) is 5.92 Å². The molecule has 4 heteroatoms. The molecule has 0 saturated heterocycles. The van der Waals surface area contributed by atoms with Crippen LogP contribution in [0.25, 0.3) is 0 Å². The van der Waals surface area contributed by atoms with Crippen molar-refractivity contribution in [1.29, 1.82) is 0 Å². The third-order valence-corrected chi connectivity index (χ3v) is 4.01. The van der Waals surface area contributed by atoms with Crippen molar-refractivity contribution in [3.8, 4) is 0 Å². The van der Waals surface area contributed by atoms with E-state index in [2.05, 4.69) is 12.2 Å². The highest BCUT2D eigenvalue weighted by Gasteiger charge is 2.23. The van der Waals surface area contributed by atoms with E-state index >= 15 is 0 Å². The van der Waals surface area contributed by atoms with Crippen LogP contribution in [0.15, 0.2) is 30.3 Å². The van der Waals surface area contributed by atoms with E-state index in [0.717, 1.165) is 24.8 Å². The van der Waals surface area contributed by atoms with Crippen molar-refractivity contribution in [2.24, 2.45) is 5.92 Å². The Balaban J connectivity index is 1.69. The number of rotatable bonds is 5. The van der Waals surface area contributed by atoms with Crippen LogP contribution in [-0.2, 0) is 20.7 Å². The predicted octanol–water partition coefficient (Wildman–Crippen LogP) is 2.47. The molecule has 1 aromatic rings. The fourth-order valence-electron chi connectivity index (χ4n) is 2.74. The molecule has 0 bridgehead atoms. The molecule has 1 aliphatic rings. The van der Waals surface area contributed by atoms with Gasteiger partial charge in [0.2, 0.25) is 0 Å². The van der Waals surface area contributed by atoms with E-state index in [1.54, 1.807) is 0 Å². The molecule has 1 amide bonds. The highest BCUT2D eigenvalue weighted by Crippen LogP contribution is 2.23. The maximum atomic E-state index is 11.8. The smallest absolute Gasteiger partial charge is 0.310 e. The number of carbonyl (C=O) groups excluding carboxylic acids is 2. The van der Waals surface area contributed by atoms with E-state index in [4.69, 9.17) is 4.74 Å². The van der Waals surface area contributed by atoms with E-state index < -0.39 is 0 Å². The molecule has 0 spiro atoms. The molecule has 0 unspecified atom stereocenters. The van der Waals surface area contributed by atoms with Gasteiger partial charge in [-0.1, -0.05) is 50.1 Å². The number of amides is 1. The first-order valence-corrected chi connectivity index (χ1v) is 7.64. The van der Waals surface area contributed by atoms with Crippen molar-refractivity contribution in [3.05, 3.63) is 35.9 Å². The van der Waals surface area contributed by atoms with Crippen LogP contribution >= 0.6 is 0 Å². The standard InChI is InChI=1S/C17H23NO3/c1-13-7-5-6-10-15(13)18-16(19)12-21-17(20)11-14-8-3-2-4-9-14/h2-4,8-9,13,15H,5-7,10-12H2,1H3,(H,18,19)/t13-,15-/m1/s1. The molecule has 0 heterocycles.